The molecule has 3 rings (SSSR count). The minimum Gasteiger partial charge on any atom is -0.395 e. The van der Waals surface area contributed by atoms with Crippen LogP contribution in [0.4, 0.5) is 14.5 Å². The lowest BCUT2D eigenvalue weighted by Crippen LogP contribution is -2.25. The summed E-state index contributed by atoms with van der Waals surface area (Å²) < 4.78 is 35.4. The number of benzene rings is 1. The fraction of sp³-hybridized carbons (Fsp3) is 0.154. The van der Waals surface area contributed by atoms with Gasteiger partial charge in [0, 0.05) is 11.8 Å². The molecule has 0 unspecified atom stereocenters. The molecule has 21 heavy (non-hydrogen) atoms. The van der Waals surface area contributed by atoms with Gasteiger partial charge in [-0.05, 0) is 23.6 Å². The molecule has 0 bridgehead atoms. The quantitative estimate of drug-likeness (QED) is 0.867. The van der Waals surface area contributed by atoms with Crippen molar-refractivity contribution in [1.29, 1.82) is 0 Å². The van der Waals surface area contributed by atoms with Crippen LogP contribution in [0.3, 0.4) is 0 Å². The summed E-state index contributed by atoms with van der Waals surface area (Å²) in [7, 11) is 0. The first-order valence-corrected chi connectivity index (χ1v) is 7.74. The molecule has 110 valence electrons. The van der Waals surface area contributed by atoms with E-state index < -0.39 is 6.29 Å². The van der Waals surface area contributed by atoms with E-state index in [1.807, 2.05) is 17.5 Å². The number of hydrogen-bond donors (Lipinski definition) is 1. The Bertz CT molecular complexity index is 661. The Kier molecular flexibility index (Phi) is 3.73. The van der Waals surface area contributed by atoms with E-state index >= 15 is 0 Å². The molecule has 0 saturated carbocycles. The van der Waals surface area contributed by atoms with Crippen LogP contribution in [0.2, 0.25) is 0 Å². The highest BCUT2D eigenvalue weighted by Gasteiger charge is 2.43. The molecule has 0 aliphatic carbocycles. The summed E-state index contributed by atoms with van der Waals surface area (Å²) >= 11 is 2.96. The number of carbonyl (C=O) groups is 1. The molecule has 1 aromatic carbocycles. The normalized spacial score (nSPS) is 15.0. The van der Waals surface area contributed by atoms with Gasteiger partial charge in [-0.2, -0.15) is 0 Å². The number of fused-ring (bicyclic) bond motifs is 1. The highest BCUT2D eigenvalue weighted by Crippen LogP contribution is 2.42. The Labute approximate surface area is 127 Å². The minimum absolute atomic E-state index is 0.0500. The van der Waals surface area contributed by atoms with Gasteiger partial charge in [-0.1, -0.05) is 6.07 Å². The van der Waals surface area contributed by atoms with E-state index in [1.54, 1.807) is 11.3 Å². The molecule has 2 aromatic rings. The molecule has 0 atom stereocenters. The molecule has 0 radical (unpaired) electrons. The molecule has 8 heteroatoms. The molecule has 0 fully saturated rings. The zero-order chi connectivity index (χ0) is 14.9. The van der Waals surface area contributed by atoms with Crippen molar-refractivity contribution < 1.29 is 23.0 Å². The predicted molar refractivity (Wildman–Crippen MR) is 76.3 cm³/mol. The first-order valence-electron chi connectivity index (χ1n) is 5.88. The number of ether oxygens (including phenoxy) is 2. The van der Waals surface area contributed by atoms with Crippen LogP contribution in [-0.2, 0) is 4.79 Å². The monoisotopic (exact) mass is 329 g/mol. The van der Waals surface area contributed by atoms with E-state index in [-0.39, 0.29) is 23.2 Å². The van der Waals surface area contributed by atoms with E-state index in [1.165, 1.54) is 30.0 Å². The van der Waals surface area contributed by atoms with Gasteiger partial charge in [-0.15, -0.1) is 31.9 Å². The van der Waals surface area contributed by atoms with Crippen LogP contribution in [0.25, 0.3) is 0 Å². The zero-order valence-corrected chi connectivity index (χ0v) is 12.1. The Balaban J connectivity index is 1.60. The molecule has 1 N–H and O–H groups in total. The average molecular weight is 329 g/mol. The van der Waals surface area contributed by atoms with E-state index in [0.29, 0.717) is 5.69 Å². The van der Waals surface area contributed by atoms with E-state index in [4.69, 9.17) is 0 Å². The van der Waals surface area contributed by atoms with Gasteiger partial charge >= 0.3 is 6.29 Å². The first kappa shape index (κ1) is 14.2. The molecule has 0 saturated heterocycles. The molecule has 1 aliphatic rings. The van der Waals surface area contributed by atoms with Gasteiger partial charge in [-0.25, -0.2) is 0 Å². The first-order chi connectivity index (χ1) is 10.0. The molecule has 1 aliphatic heterocycles. The summed E-state index contributed by atoms with van der Waals surface area (Å²) in [5, 5.41) is 4.55. The maximum atomic E-state index is 12.9. The SMILES string of the molecule is O=C(CSc1cccs1)Nc1ccc2c(c1)OC(F)(F)O2. The van der Waals surface area contributed by atoms with Gasteiger partial charge < -0.3 is 14.8 Å². The van der Waals surface area contributed by atoms with Crippen LogP contribution >= 0.6 is 23.1 Å². The average Bonchev–Trinajstić information content (AvgIpc) is 3.01. The summed E-state index contributed by atoms with van der Waals surface area (Å²) in [5.41, 5.74) is 0.381. The number of halogens is 2. The van der Waals surface area contributed by atoms with Crippen LogP contribution in [0.1, 0.15) is 0 Å². The molecule has 0 spiro atoms. The number of carbonyl (C=O) groups excluding carboxylic acids is 1. The smallest absolute Gasteiger partial charge is 0.395 e. The molecular weight excluding hydrogens is 320 g/mol. The minimum atomic E-state index is -3.65. The number of thiophene rings is 1. The lowest BCUT2D eigenvalue weighted by atomic mass is 10.3. The number of amides is 1. The fourth-order valence-electron chi connectivity index (χ4n) is 1.71. The van der Waals surface area contributed by atoms with Crippen molar-refractivity contribution >= 4 is 34.7 Å². The van der Waals surface area contributed by atoms with Crippen LogP contribution < -0.4 is 14.8 Å². The topological polar surface area (TPSA) is 47.6 Å². The number of thioether (sulfide) groups is 1. The maximum absolute atomic E-state index is 12.9. The summed E-state index contributed by atoms with van der Waals surface area (Å²) in [6.07, 6.45) is -3.65. The van der Waals surface area contributed by atoms with Gasteiger partial charge in [0.15, 0.2) is 11.5 Å². The lowest BCUT2D eigenvalue weighted by molar-refractivity contribution is -0.286. The van der Waals surface area contributed by atoms with Crippen molar-refractivity contribution in [3.63, 3.8) is 0 Å². The van der Waals surface area contributed by atoms with Crippen molar-refractivity contribution in [2.24, 2.45) is 0 Å². The third-order valence-corrected chi connectivity index (χ3v) is 4.66. The van der Waals surface area contributed by atoms with Crippen molar-refractivity contribution in [3.05, 3.63) is 35.7 Å². The molecule has 1 amide bonds. The van der Waals surface area contributed by atoms with Crippen molar-refractivity contribution in [3.8, 4) is 11.5 Å². The van der Waals surface area contributed by atoms with E-state index in [9.17, 15) is 13.6 Å². The number of alkyl halides is 2. The fourth-order valence-corrected chi connectivity index (χ4v) is 3.29. The second-order valence-electron chi connectivity index (χ2n) is 4.10. The Morgan fingerprint density at radius 3 is 2.86 bits per heavy atom. The van der Waals surface area contributed by atoms with Gasteiger partial charge in [0.05, 0.1) is 9.96 Å². The standard InChI is InChI=1S/C13H9F2NO3S2/c14-13(15)18-9-4-3-8(6-10(9)19-13)16-11(17)7-21-12-2-1-5-20-12/h1-6H,7H2,(H,16,17). The lowest BCUT2D eigenvalue weighted by Gasteiger charge is -2.05. The summed E-state index contributed by atoms with van der Waals surface area (Å²) in [6, 6.07) is 7.95. The van der Waals surface area contributed by atoms with Crippen molar-refractivity contribution in [1.82, 2.24) is 0 Å². The molecule has 1 aromatic heterocycles. The number of anilines is 1. The van der Waals surface area contributed by atoms with Gasteiger partial charge in [0.2, 0.25) is 5.91 Å². The Morgan fingerprint density at radius 1 is 1.29 bits per heavy atom. The maximum Gasteiger partial charge on any atom is 0.586 e. The number of nitrogens with one attached hydrogen (secondary N) is 1. The number of hydrogen-bond acceptors (Lipinski definition) is 5. The Morgan fingerprint density at radius 2 is 2.10 bits per heavy atom. The van der Waals surface area contributed by atoms with Crippen LogP contribution in [-0.4, -0.2) is 18.0 Å². The molecule has 4 nitrogen and oxygen atoms in total. The van der Waals surface area contributed by atoms with Crippen LogP contribution in [0.5, 0.6) is 11.5 Å². The predicted octanol–water partition coefficient (Wildman–Crippen LogP) is 3.80. The van der Waals surface area contributed by atoms with Gasteiger partial charge in [0.1, 0.15) is 0 Å². The van der Waals surface area contributed by atoms with E-state index in [2.05, 4.69) is 14.8 Å². The number of rotatable bonds is 4. The largest absolute Gasteiger partial charge is 0.586 e. The molecule has 2 heterocycles. The third-order valence-electron chi connectivity index (χ3n) is 2.53. The van der Waals surface area contributed by atoms with Gasteiger partial charge in [-0.3, -0.25) is 4.79 Å². The second kappa shape index (κ2) is 5.53. The third kappa shape index (κ3) is 3.45. The Hall–Kier alpha value is -1.80. The summed E-state index contributed by atoms with van der Waals surface area (Å²) in [5.74, 6) is -0.126. The molecular formula is C13H9F2NO3S2. The highest BCUT2D eigenvalue weighted by atomic mass is 32.2. The van der Waals surface area contributed by atoms with Crippen LogP contribution in [0, 0.1) is 0 Å². The van der Waals surface area contributed by atoms with Crippen molar-refractivity contribution in [2.75, 3.05) is 11.1 Å². The van der Waals surface area contributed by atoms with Gasteiger partial charge in [0.25, 0.3) is 0 Å². The second-order valence-corrected chi connectivity index (χ2v) is 6.32. The van der Waals surface area contributed by atoms with Crippen molar-refractivity contribution in [2.45, 2.75) is 10.5 Å². The summed E-state index contributed by atoms with van der Waals surface area (Å²) in [6.45, 7) is 0. The zero-order valence-electron chi connectivity index (χ0n) is 10.5. The highest BCUT2D eigenvalue weighted by molar-refractivity contribution is 8.01. The summed E-state index contributed by atoms with van der Waals surface area (Å²) in [4.78, 5) is 11.8. The van der Waals surface area contributed by atoms with Crippen LogP contribution in [0.15, 0.2) is 39.9 Å². The van der Waals surface area contributed by atoms with E-state index in [0.717, 1.165) is 4.21 Å².